The molecule has 1 aliphatic heterocycles. The number of ether oxygens (including phenoxy) is 2. The maximum absolute atomic E-state index is 12.2. The van der Waals surface area contributed by atoms with Gasteiger partial charge >= 0.3 is 6.03 Å². The van der Waals surface area contributed by atoms with E-state index in [-0.39, 0.29) is 12.1 Å². The fourth-order valence-corrected chi connectivity index (χ4v) is 2.63. The van der Waals surface area contributed by atoms with Crippen LogP contribution < -0.4 is 14.8 Å². The Balaban J connectivity index is 1.43. The Kier molecular flexibility index (Phi) is 5.21. The topological polar surface area (TPSA) is 50.8 Å². The normalized spacial score (nSPS) is 15.6. The molecule has 5 heteroatoms. The number of nitrogens with one attached hydrogen (secondary N) is 1. The molecule has 1 heterocycles. The standard InChI is InChI=1S/C19H22N2O3/c1-21(19(22)20-12-11-15-7-3-2-4-8-15)13-16-14-23-17-9-5-6-10-18(17)24-16/h2-10,16H,11-14H2,1H3,(H,20,22). The number of para-hydroxylation sites is 2. The molecule has 2 aromatic rings. The van der Waals surface area contributed by atoms with Gasteiger partial charge in [-0.25, -0.2) is 4.79 Å². The fourth-order valence-electron chi connectivity index (χ4n) is 2.63. The number of hydrogen-bond donors (Lipinski definition) is 1. The molecule has 0 aliphatic carbocycles. The van der Waals surface area contributed by atoms with E-state index < -0.39 is 0 Å². The summed E-state index contributed by atoms with van der Waals surface area (Å²) in [5, 5.41) is 2.93. The lowest BCUT2D eigenvalue weighted by atomic mass is 10.1. The Morgan fingerprint density at radius 2 is 1.83 bits per heavy atom. The number of fused-ring (bicyclic) bond motifs is 1. The molecule has 3 rings (SSSR count). The van der Waals surface area contributed by atoms with Crippen LogP contribution in [0.4, 0.5) is 4.79 Å². The Labute approximate surface area is 142 Å². The molecule has 126 valence electrons. The van der Waals surface area contributed by atoms with E-state index in [4.69, 9.17) is 9.47 Å². The third kappa shape index (κ3) is 4.19. The van der Waals surface area contributed by atoms with E-state index in [2.05, 4.69) is 17.4 Å². The lowest BCUT2D eigenvalue weighted by molar-refractivity contribution is 0.0716. The van der Waals surface area contributed by atoms with E-state index in [0.717, 1.165) is 17.9 Å². The monoisotopic (exact) mass is 326 g/mol. The van der Waals surface area contributed by atoms with Crippen LogP contribution in [-0.2, 0) is 6.42 Å². The van der Waals surface area contributed by atoms with Gasteiger partial charge in [0, 0.05) is 13.6 Å². The number of rotatable bonds is 5. The fraction of sp³-hybridized carbons (Fsp3) is 0.316. The predicted molar refractivity (Wildman–Crippen MR) is 92.5 cm³/mol. The van der Waals surface area contributed by atoms with Gasteiger partial charge in [0.15, 0.2) is 17.6 Å². The summed E-state index contributed by atoms with van der Waals surface area (Å²) in [5.41, 5.74) is 1.21. The smallest absolute Gasteiger partial charge is 0.317 e. The van der Waals surface area contributed by atoms with Crippen LogP contribution in [0.3, 0.4) is 0 Å². The van der Waals surface area contributed by atoms with Crippen LogP contribution in [0.2, 0.25) is 0 Å². The number of amides is 2. The van der Waals surface area contributed by atoms with Gasteiger partial charge in [0.2, 0.25) is 0 Å². The van der Waals surface area contributed by atoms with E-state index in [0.29, 0.717) is 19.7 Å². The van der Waals surface area contributed by atoms with Crippen molar-refractivity contribution in [1.29, 1.82) is 0 Å². The molecular formula is C19H22N2O3. The van der Waals surface area contributed by atoms with E-state index in [1.165, 1.54) is 5.56 Å². The largest absolute Gasteiger partial charge is 0.486 e. The van der Waals surface area contributed by atoms with Crippen LogP contribution in [0.1, 0.15) is 5.56 Å². The highest BCUT2D eigenvalue weighted by atomic mass is 16.6. The van der Waals surface area contributed by atoms with Crippen LogP contribution >= 0.6 is 0 Å². The Morgan fingerprint density at radius 3 is 2.62 bits per heavy atom. The zero-order chi connectivity index (χ0) is 16.8. The maximum atomic E-state index is 12.2. The van der Waals surface area contributed by atoms with Gasteiger partial charge in [-0.3, -0.25) is 0 Å². The Bertz CT molecular complexity index is 675. The zero-order valence-corrected chi connectivity index (χ0v) is 13.8. The van der Waals surface area contributed by atoms with Gasteiger partial charge in [-0.2, -0.15) is 0 Å². The minimum absolute atomic E-state index is 0.103. The molecule has 5 nitrogen and oxygen atoms in total. The molecule has 0 saturated heterocycles. The second-order valence-electron chi connectivity index (χ2n) is 5.85. The molecule has 24 heavy (non-hydrogen) atoms. The second kappa shape index (κ2) is 7.73. The summed E-state index contributed by atoms with van der Waals surface area (Å²) in [6.07, 6.45) is 0.654. The summed E-state index contributed by atoms with van der Waals surface area (Å²) in [6, 6.07) is 17.6. The van der Waals surface area contributed by atoms with Crippen molar-refractivity contribution in [3.8, 4) is 11.5 Å². The highest BCUT2D eigenvalue weighted by Crippen LogP contribution is 2.30. The van der Waals surface area contributed by atoms with Crippen molar-refractivity contribution < 1.29 is 14.3 Å². The van der Waals surface area contributed by atoms with E-state index in [1.807, 2.05) is 42.5 Å². The first-order valence-electron chi connectivity index (χ1n) is 8.14. The van der Waals surface area contributed by atoms with Gasteiger partial charge in [-0.05, 0) is 24.1 Å². The Hall–Kier alpha value is -2.69. The van der Waals surface area contributed by atoms with Crippen molar-refractivity contribution in [2.24, 2.45) is 0 Å². The van der Waals surface area contributed by atoms with Crippen LogP contribution in [0.5, 0.6) is 11.5 Å². The van der Waals surface area contributed by atoms with Crippen LogP contribution in [-0.4, -0.2) is 43.8 Å². The molecule has 1 N–H and O–H groups in total. The van der Waals surface area contributed by atoms with E-state index in [9.17, 15) is 4.79 Å². The third-order valence-corrected chi connectivity index (χ3v) is 3.92. The lowest BCUT2D eigenvalue weighted by Crippen LogP contribution is -2.45. The van der Waals surface area contributed by atoms with Crippen molar-refractivity contribution in [3.05, 3.63) is 60.2 Å². The summed E-state index contributed by atoms with van der Waals surface area (Å²) in [4.78, 5) is 13.8. The number of likely N-dealkylation sites (N-methyl/N-ethyl adjacent to an activating group) is 1. The maximum Gasteiger partial charge on any atom is 0.317 e. The summed E-state index contributed by atoms with van der Waals surface area (Å²) in [7, 11) is 1.77. The number of hydrogen-bond acceptors (Lipinski definition) is 3. The molecule has 0 bridgehead atoms. The van der Waals surface area contributed by atoms with Crippen LogP contribution in [0, 0.1) is 0 Å². The van der Waals surface area contributed by atoms with Crippen molar-refractivity contribution >= 4 is 6.03 Å². The average molecular weight is 326 g/mol. The van der Waals surface area contributed by atoms with Gasteiger partial charge in [-0.15, -0.1) is 0 Å². The van der Waals surface area contributed by atoms with E-state index >= 15 is 0 Å². The van der Waals surface area contributed by atoms with Gasteiger partial charge in [0.25, 0.3) is 0 Å². The zero-order valence-electron chi connectivity index (χ0n) is 13.8. The molecule has 2 amide bonds. The number of carbonyl (C=O) groups excluding carboxylic acids is 1. The lowest BCUT2D eigenvalue weighted by Gasteiger charge is -2.29. The third-order valence-electron chi connectivity index (χ3n) is 3.92. The van der Waals surface area contributed by atoms with Crippen molar-refractivity contribution in [1.82, 2.24) is 10.2 Å². The first-order chi connectivity index (χ1) is 11.7. The molecule has 0 aromatic heterocycles. The van der Waals surface area contributed by atoms with Crippen molar-refractivity contribution in [2.75, 3.05) is 26.7 Å². The number of benzene rings is 2. The number of urea groups is 1. The molecule has 1 aliphatic rings. The van der Waals surface area contributed by atoms with Gasteiger partial charge in [-0.1, -0.05) is 42.5 Å². The Morgan fingerprint density at radius 1 is 1.12 bits per heavy atom. The molecule has 0 spiro atoms. The minimum atomic E-state index is -0.162. The molecular weight excluding hydrogens is 304 g/mol. The molecule has 2 aromatic carbocycles. The van der Waals surface area contributed by atoms with Gasteiger partial charge < -0.3 is 19.7 Å². The van der Waals surface area contributed by atoms with Crippen LogP contribution in [0.15, 0.2) is 54.6 Å². The molecule has 0 saturated carbocycles. The number of nitrogens with zero attached hydrogens (tertiary/aromatic N) is 1. The first-order valence-corrected chi connectivity index (χ1v) is 8.14. The second-order valence-corrected chi connectivity index (χ2v) is 5.85. The SMILES string of the molecule is CN(CC1COc2ccccc2O1)C(=O)NCCc1ccccc1. The summed E-state index contributed by atoms with van der Waals surface area (Å²) in [6.45, 7) is 1.53. The molecule has 0 fully saturated rings. The van der Waals surface area contributed by atoms with Gasteiger partial charge in [0.05, 0.1) is 6.54 Å². The van der Waals surface area contributed by atoms with E-state index in [1.54, 1.807) is 11.9 Å². The molecule has 1 atom stereocenters. The highest BCUT2D eigenvalue weighted by Gasteiger charge is 2.23. The molecule has 0 radical (unpaired) electrons. The molecule has 1 unspecified atom stereocenters. The van der Waals surface area contributed by atoms with Gasteiger partial charge in [0.1, 0.15) is 6.61 Å². The highest BCUT2D eigenvalue weighted by molar-refractivity contribution is 5.73. The van der Waals surface area contributed by atoms with Crippen molar-refractivity contribution in [3.63, 3.8) is 0 Å². The minimum Gasteiger partial charge on any atom is -0.486 e. The predicted octanol–water partition coefficient (Wildman–Crippen LogP) is 2.71. The number of carbonyl (C=O) groups is 1. The first kappa shape index (κ1) is 16.2. The summed E-state index contributed by atoms with van der Waals surface area (Å²) >= 11 is 0. The average Bonchev–Trinajstić information content (AvgIpc) is 2.62. The van der Waals surface area contributed by atoms with Crippen LogP contribution in [0.25, 0.3) is 0 Å². The van der Waals surface area contributed by atoms with Crippen molar-refractivity contribution in [2.45, 2.75) is 12.5 Å². The quantitative estimate of drug-likeness (QED) is 0.919. The summed E-state index contributed by atoms with van der Waals surface area (Å²) < 4.78 is 11.6. The summed E-state index contributed by atoms with van der Waals surface area (Å²) in [5.74, 6) is 1.48.